The van der Waals surface area contributed by atoms with Crippen molar-refractivity contribution in [1.29, 1.82) is 0 Å². The van der Waals surface area contributed by atoms with Crippen molar-refractivity contribution in [3.63, 3.8) is 0 Å². The van der Waals surface area contributed by atoms with Gasteiger partial charge in [0.2, 0.25) is 5.91 Å². The normalized spacial score (nSPS) is 8.81. The van der Waals surface area contributed by atoms with E-state index < -0.39 is 16.0 Å². The molecule has 0 radical (unpaired) electrons. The van der Waals surface area contributed by atoms with Crippen LogP contribution in [0.2, 0.25) is 0 Å². The molecule has 88 valence electrons. The number of carbonyl (C=O) groups is 1. The minimum atomic E-state index is -3.89. The van der Waals surface area contributed by atoms with E-state index in [1.165, 1.54) is 6.08 Å². The summed E-state index contributed by atoms with van der Waals surface area (Å²) in [6.45, 7) is 9.90. The maximum atomic E-state index is 10.2. The molecule has 0 aliphatic heterocycles. The second kappa shape index (κ2) is 11.1. The second-order valence-electron chi connectivity index (χ2n) is 2.58. The third kappa shape index (κ3) is 23.4. The molecule has 0 rings (SSSR count). The topological polar surface area (TPSA) is 97.5 Å². The third-order valence-corrected chi connectivity index (χ3v) is 1.79. The van der Waals surface area contributed by atoms with E-state index in [1.54, 1.807) is 0 Å². The van der Waals surface area contributed by atoms with E-state index in [2.05, 4.69) is 25.5 Å². The Morgan fingerprint density at radius 3 is 1.94 bits per heavy atom. The van der Waals surface area contributed by atoms with E-state index >= 15 is 0 Å². The van der Waals surface area contributed by atoms with Gasteiger partial charge in [0.1, 0.15) is 0 Å². The molecule has 0 aromatic carbocycles. The molecule has 0 unspecified atom stereocenters. The molecular formula is C9H16NNaO4S. The predicted octanol–water partition coefficient (Wildman–Crippen LogP) is 0.0157. The molecule has 7 heteroatoms. The molecule has 16 heavy (non-hydrogen) atoms. The van der Waals surface area contributed by atoms with Crippen LogP contribution in [-0.2, 0) is 14.9 Å². The molecule has 0 atom stereocenters. The fourth-order valence-corrected chi connectivity index (χ4v) is 1.15. The van der Waals surface area contributed by atoms with Gasteiger partial charge in [-0.3, -0.25) is 9.35 Å². The zero-order valence-electron chi connectivity index (χ0n) is 8.35. The summed E-state index contributed by atoms with van der Waals surface area (Å²) in [4.78, 5) is 9.47. The summed E-state index contributed by atoms with van der Waals surface area (Å²) in [5.74, 6) is -0.857. The van der Waals surface area contributed by atoms with Gasteiger partial charge in [-0.2, -0.15) is 8.42 Å². The summed E-state index contributed by atoms with van der Waals surface area (Å²) in [6, 6.07) is 0. The Bertz CT molecular complexity index is 349. The van der Waals surface area contributed by atoms with Gasteiger partial charge < -0.3 is 5.73 Å². The van der Waals surface area contributed by atoms with Crippen LogP contribution in [0.4, 0.5) is 0 Å². The van der Waals surface area contributed by atoms with Crippen LogP contribution in [0.25, 0.3) is 0 Å². The summed E-state index contributed by atoms with van der Waals surface area (Å²) >= 11 is 0. The molecule has 0 aromatic heterocycles. The van der Waals surface area contributed by atoms with Gasteiger partial charge in [0.05, 0.1) is 5.75 Å². The first-order valence-electron chi connectivity index (χ1n) is 3.87. The first-order valence-corrected chi connectivity index (χ1v) is 5.48. The van der Waals surface area contributed by atoms with Crippen molar-refractivity contribution in [2.24, 2.45) is 5.73 Å². The molecule has 5 nitrogen and oxygen atoms in total. The minimum absolute atomic E-state index is 0. The summed E-state index contributed by atoms with van der Waals surface area (Å²) in [5, 5.41) is 0. The van der Waals surface area contributed by atoms with Gasteiger partial charge in [-0.25, -0.2) is 0 Å². The zero-order chi connectivity index (χ0) is 12.5. The van der Waals surface area contributed by atoms with Crippen molar-refractivity contribution in [2.75, 3.05) is 5.75 Å². The molecule has 0 saturated heterocycles. The quantitative estimate of drug-likeness (QED) is 0.314. The van der Waals surface area contributed by atoms with Gasteiger partial charge in [0.15, 0.2) is 0 Å². The van der Waals surface area contributed by atoms with Crippen molar-refractivity contribution in [3.05, 3.63) is 37.5 Å². The Balaban J connectivity index is -0.000000242. The van der Waals surface area contributed by atoms with Crippen molar-refractivity contribution in [1.82, 2.24) is 0 Å². The van der Waals surface area contributed by atoms with E-state index in [0.29, 0.717) is 12.0 Å². The molecule has 0 aliphatic rings. The molecule has 3 N–H and O–H groups in total. The van der Waals surface area contributed by atoms with E-state index in [1.807, 2.05) is 0 Å². The first-order chi connectivity index (χ1) is 6.72. The third-order valence-electron chi connectivity index (χ3n) is 1.02. The van der Waals surface area contributed by atoms with Crippen molar-refractivity contribution < 1.29 is 17.8 Å². The average Bonchev–Trinajstić information content (AvgIpc) is 2.02. The number of allylic oxidation sites excluding steroid dienone is 1. The molecule has 0 bridgehead atoms. The molecule has 1 amide bonds. The van der Waals surface area contributed by atoms with E-state index in [9.17, 15) is 13.2 Å². The maximum absolute atomic E-state index is 10.2. The van der Waals surface area contributed by atoms with Crippen LogP contribution in [0.5, 0.6) is 0 Å². The van der Waals surface area contributed by atoms with Crippen LogP contribution in [0.15, 0.2) is 37.5 Å². The number of primary amides is 1. The van der Waals surface area contributed by atoms with Gasteiger partial charge in [-0.05, 0) is 12.5 Å². The number of hydrogen-bond acceptors (Lipinski definition) is 3. The molecule has 0 saturated carbocycles. The van der Waals surface area contributed by atoms with Gasteiger partial charge in [0, 0.05) is 0 Å². The molecule has 0 fully saturated rings. The van der Waals surface area contributed by atoms with Crippen molar-refractivity contribution >= 4 is 45.6 Å². The number of nitrogens with two attached hydrogens (primary N) is 1. The van der Waals surface area contributed by atoms with E-state index in [-0.39, 0.29) is 35.3 Å². The van der Waals surface area contributed by atoms with Crippen LogP contribution >= 0.6 is 0 Å². The number of hydrogen-bond donors (Lipinski definition) is 2. The second-order valence-corrected chi connectivity index (χ2v) is 4.03. The van der Waals surface area contributed by atoms with Gasteiger partial charge in [0.25, 0.3) is 10.1 Å². The van der Waals surface area contributed by atoms with Crippen LogP contribution in [0.1, 0.15) is 6.42 Å². The predicted molar refractivity (Wildman–Crippen MR) is 66.9 cm³/mol. The average molecular weight is 257 g/mol. The van der Waals surface area contributed by atoms with Crippen molar-refractivity contribution in [2.45, 2.75) is 6.42 Å². The Hall–Kier alpha value is -0.400. The zero-order valence-corrected chi connectivity index (χ0v) is 9.16. The van der Waals surface area contributed by atoms with Gasteiger partial charge in [-0.1, -0.05) is 24.8 Å². The number of rotatable bonds is 5. The standard InChI is InChI=1S/C6H10O3S.C3H5NO.Na.H/c1-3-4-6(2)5-10(7,8)9;1-2-3(4)5;;/h3H,1-2,4-5H2,(H,7,8,9);2H,1H2,(H2,4,5);;. The Morgan fingerprint density at radius 2 is 1.75 bits per heavy atom. The molecular weight excluding hydrogens is 241 g/mol. The summed E-state index contributed by atoms with van der Waals surface area (Å²) < 4.78 is 28.6. The number of carbonyl (C=O) groups excluding carboxylic acids is 1. The van der Waals surface area contributed by atoms with Gasteiger partial charge in [-0.15, -0.1) is 6.58 Å². The molecule has 0 aliphatic carbocycles. The summed E-state index contributed by atoms with van der Waals surface area (Å²) in [6.07, 6.45) is 3.01. The van der Waals surface area contributed by atoms with Crippen molar-refractivity contribution in [3.8, 4) is 0 Å². The Labute approximate surface area is 118 Å². The molecule has 0 aromatic rings. The molecule has 0 heterocycles. The fraction of sp³-hybridized carbons (Fsp3) is 0.222. The number of amides is 1. The summed E-state index contributed by atoms with van der Waals surface area (Å²) in [7, 11) is -3.89. The SMILES string of the molecule is C=CC(N)=O.C=CCC(=C)CS(=O)(=O)O.[NaH]. The van der Waals surface area contributed by atoms with Crippen LogP contribution in [0.3, 0.4) is 0 Å². The Morgan fingerprint density at radius 1 is 1.38 bits per heavy atom. The fourth-order valence-electron chi connectivity index (χ4n) is 0.521. The summed E-state index contributed by atoms with van der Waals surface area (Å²) in [5.41, 5.74) is 4.98. The van der Waals surface area contributed by atoms with Crippen LogP contribution < -0.4 is 5.73 Å². The van der Waals surface area contributed by atoms with E-state index in [0.717, 1.165) is 6.08 Å². The first kappa shape index (κ1) is 20.9. The monoisotopic (exact) mass is 257 g/mol. The van der Waals surface area contributed by atoms with E-state index in [4.69, 9.17) is 4.55 Å². The van der Waals surface area contributed by atoms with Gasteiger partial charge >= 0.3 is 29.6 Å². The van der Waals surface area contributed by atoms with Crippen LogP contribution in [0, 0.1) is 0 Å². The van der Waals surface area contributed by atoms with Crippen LogP contribution in [-0.4, -0.2) is 54.2 Å². The Kier molecular flexibility index (Phi) is 14.5. The molecule has 0 spiro atoms.